The van der Waals surface area contributed by atoms with Gasteiger partial charge in [-0.2, -0.15) is 5.26 Å². The molecule has 0 atom stereocenters. The molecule has 1 nitrogen and oxygen atoms in total. The van der Waals surface area contributed by atoms with Gasteiger partial charge in [0, 0.05) is 14.8 Å². The van der Waals surface area contributed by atoms with Crippen LogP contribution in [0.4, 0.5) is 4.39 Å². The molecular weight excluding hydrogens is 361 g/mol. The molecule has 3 aromatic rings. The molecule has 2 aromatic carbocycles. The molecule has 0 unspecified atom stereocenters. The second-order valence-corrected chi connectivity index (χ2v) is 7.82. The first-order chi connectivity index (χ1) is 11.6. The van der Waals surface area contributed by atoms with E-state index in [0.717, 1.165) is 14.0 Å². The van der Waals surface area contributed by atoms with Crippen molar-refractivity contribution in [2.24, 2.45) is 0 Å². The number of rotatable bonds is 4. The number of allylic oxidation sites excluding steroid dienone is 1. The van der Waals surface area contributed by atoms with Gasteiger partial charge in [-0.3, -0.25) is 0 Å². The lowest BCUT2D eigenvalue weighted by Gasteiger charge is -1.99. The molecule has 5 heteroatoms. The van der Waals surface area contributed by atoms with E-state index in [1.165, 1.54) is 12.1 Å². The number of thiophene rings is 1. The van der Waals surface area contributed by atoms with Gasteiger partial charge < -0.3 is 0 Å². The third-order valence-electron chi connectivity index (χ3n) is 3.18. The van der Waals surface area contributed by atoms with Crippen molar-refractivity contribution in [3.63, 3.8) is 0 Å². The lowest BCUT2D eigenvalue weighted by molar-refractivity contribution is 0.627. The van der Waals surface area contributed by atoms with Crippen molar-refractivity contribution < 1.29 is 4.39 Å². The summed E-state index contributed by atoms with van der Waals surface area (Å²) in [5.74, 6) is -0.348. The molecule has 24 heavy (non-hydrogen) atoms. The fourth-order valence-electron chi connectivity index (χ4n) is 2.06. The van der Waals surface area contributed by atoms with E-state index in [1.54, 1.807) is 41.3 Å². The highest BCUT2D eigenvalue weighted by Gasteiger charge is 2.05. The van der Waals surface area contributed by atoms with Gasteiger partial charge in [-0.05, 0) is 60.2 Å². The Kier molecular flexibility index (Phi) is 5.37. The number of nitrogens with zero attached hydrogens (tertiary/aromatic N) is 1. The van der Waals surface area contributed by atoms with Crippen LogP contribution in [0, 0.1) is 17.1 Å². The Bertz CT molecular complexity index is 923. The lowest BCUT2D eigenvalue weighted by atomic mass is 10.1. The Morgan fingerprint density at radius 3 is 2.62 bits per heavy atom. The van der Waals surface area contributed by atoms with Crippen LogP contribution >= 0.6 is 34.7 Å². The number of benzene rings is 2. The molecule has 1 aromatic heterocycles. The van der Waals surface area contributed by atoms with E-state index in [0.29, 0.717) is 16.2 Å². The van der Waals surface area contributed by atoms with E-state index in [1.807, 2.05) is 36.4 Å². The van der Waals surface area contributed by atoms with Crippen molar-refractivity contribution in [3.05, 3.63) is 81.9 Å². The monoisotopic (exact) mass is 371 g/mol. The molecule has 0 saturated heterocycles. The van der Waals surface area contributed by atoms with Gasteiger partial charge in [-0.1, -0.05) is 35.5 Å². The fraction of sp³-hybridized carbons (Fsp3) is 0. The van der Waals surface area contributed by atoms with Gasteiger partial charge >= 0.3 is 0 Å². The summed E-state index contributed by atoms with van der Waals surface area (Å²) in [6.45, 7) is 0. The molecule has 0 aliphatic heterocycles. The SMILES string of the molecule is N#C/C(=C/c1ccc(Sc2ccc(Cl)cc2)s1)c1cccc(F)c1. The van der Waals surface area contributed by atoms with E-state index < -0.39 is 0 Å². The predicted molar refractivity (Wildman–Crippen MR) is 99.8 cm³/mol. The Labute approximate surface area is 153 Å². The van der Waals surface area contributed by atoms with E-state index in [4.69, 9.17) is 11.6 Å². The first kappa shape index (κ1) is 16.8. The standard InChI is InChI=1S/C19H11ClFNS2/c20-15-4-6-17(7-5-15)23-19-9-8-18(24-19)11-14(12-22)13-2-1-3-16(21)10-13/h1-11H/b14-11-. The van der Waals surface area contributed by atoms with E-state index in [9.17, 15) is 9.65 Å². The minimum atomic E-state index is -0.348. The number of halogens is 2. The zero-order valence-corrected chi connectivity index (χ0v) is 14.8. The van der Waals surface area contributed by atoms with Crippen LogP contribution in [-0.4, -0.2) is 0 Å². The van der Waals surface area contributed by atoms with Crippen LogP contribution in [0.15, 0.2) is 69.8 Å². The van der Waals surface area contributed by atoms with Crippen LogP contribution in [0.1, 0.15) is 10.4 Å². The summed E-state index contributed by atoms with van der Waals surface area (Å²) in [7, 11) is 0. The Morgan fingerprint density at radius 1 is 1.12 bits per heavy atom. The average Bonchev–Trinajstić information content (AvgIpc) is 3.02. The van der Waals surface area contributed by atoms with E-state index >= 15 is 0 Å². The number of hydrogen-bond donors (Lipinski definition) is 0. The summed E-state index contributed by atoms with van der Waals surface area (Å²) in [6.07, 6.45) is 1.78. The van der Waals surface area contributed by atoms with Gasteiger partial charge in [0.25, 0.3) is 0 Å². The summed E-state index contributed by atoms with van der Waals surface area (Å²) in [4.78, 5) is 2.05. The summed E-state index contributed by atoms with van der Waals surface area (Å²) >= 11 is 9.11. The molecule has 0 saturated carbocycles. The molecule has 0 aliphatic carbocycles. The number of hydrogen-bond acceptors (Lipinski definition) is 3. The smallest absolute Gasteiger partial charge is 0.123 e. The van der Waals surface area contributed by atoms with Crippen LogP contribution < -0.4 is 0 Å². The fourth-order valence-corrected chi connectivity index (χ4v) is 4.26. The Hall–Kier alpha value is -2.06. The molecule has 0 aliphatic rings. The van der Waals surface area contributed by atoms with Crippen LogP contribution in [0.3, 0.4) is 0 Å². The third kappa shape index (κ3) is 4.27. The molecule has 3 rings (SSSR count). The van der Waals surface area contributed by atoms with Crippen molar-refractivity contribution >= 4 is 46.3 Å². The van der Waals surface area contributed by atoms with Gasteiger partial charge in [-0.15, -0.1) is 11.3 Å². The van der Waals surface area contributed by atoms with Crippen molar-refractivity contribution in [1.82, 2.24) is 0 Å². The van der Waals surface area contributed by atoms with Gasteiger partial charge in [0.1, 0.15) is 5.82 Å². The largest absolute Gasteiger partial charge is 0.207 e. The molecule has 0 radical (unpaired) electrons. The van der Waals surface area contributed by atoms with Crippen molar-refractivity contribution in [2.45, 2.75) is 9.10 Å². The van der Waals surface area contributed by atoms with Gasteiger partial charge in [0.05, 0.1) is 15.9 Å². The van der Waals surface area contributed by atoms with Crippen molar-refractivity contribution in [2.75, 3.05) is 0 Å². The number of nitriles is 1. The first-order valence-electron chi connectivity index (χ1n) is 7.05. The van der Waals surface area contributed by atoms with Gasteiger partial charge in [0.15, 0.2) is 0 Å². The molecule has 0 spiro atoms. The highest BCUT2D eigenvalue weighted by atomic mass is 35.5. The summed E-state index contributed by atoms with van der Waals surface area (Å²) in [5.41, 5.74) is 1.03. The summed E-state index contributed by atoms with van der Waals surface area (Å²) in [6, 6.07) is 19.8. The molecule has 118 valence electrons. The molecule has 0 N–H and O–H groups in total. The second kappa shape index (κ2) is 7.67. The Balaban J connectivity index is 1.81. The summed E-state index contributed by atoms with van der Waals surface area (Å²) in [5, 5.41) is 10.1. The minimum absolute atomic E-state index is 0.348. The Morgan fingerprint density at radius 2 is 1.92 bits per heavy atom. The molecule has 0 amide bonds. The zero-order chi connectivity index (χ0) is 16.9. The molecular formula is C19H11ClFNS2. The third-order valence-corrected chi connectivity index (χ3v) is 5.60. The highest BCUT2D eigenvalue weighted by Crippen LogP contribution is 2.35. The molecule has 0 bridgehead atoms. The van der Waals surface area contributed by atoms with Crippen molar-refractivity contribution in [3.8, 4) is 6.07 Å². The summed E-state index contributed by atoms with van der Waals surface area (Å²) < 4.78 is 14.4. The first-order valence-corrected chi connectivity index (χ1v) is 9.06. The van der Waals surface area contributed by atoms with Crippen LogP contribution in [0.5, 0.6) is 0 Å². The van der Waals surface area contributed by atoms with E-state index in [2.05, 4.69) is 6.07 Å². The quantitative estimate of drug-likeness (QED) is 0.473. The van der Waals surface area contributed by atoms with Gasteiger partial charge in [0.2, 0.25) is 0 Å². The van der Waals surface area contributed by atoms with Crippen LogP contribution in [-0.2, 0) is 0 Å². The minimum Gasteiger partial charge on any atom is -0.207 e. The van der Waals surface area contributed by atoms with Crippen LogP contribution in [0.25, 0.3) is 11.6 Å². The predicted octanol–water partition coefficient (Wildman–Crippen LogP) is 6.76. The second-order valence-electron chi connectivity index (χ2n) is 4.89. The topological polar surface area (TPSA) is 23.8 Å². The zero-order valence-electron chi connectivity index (χ0n) is 12.4. The average molecular weight is 372 g/mol. The normalized spacial score (nSPS) is 11.3. The maximum atomic E-state index is 13.3. The molecule has 1 heterocycles. The van der Waals surface area contributed by atoms with E-state index in [-0.39, 0.29) is 5.82 Å². The lowest BCUT2D eigenvalue weighted by Crippen LogP contribution is -1.82. The van der Waals surface area contributed by atoms with Crippen LogP contribution in [0.2, 0.25) is 5.02 Å². The molecule has 0 fully saturated rings. The van der Waals surface area contributed by atoms with Crippen molar-refractivity contribution in [1.29, 1.82) is 5.26 Å². The maximum Gasteiger partial charge on any atom is 0.123 e. The maximum absolute atomic E-state index is 13.3. The van der Waals surface area contributed by atoms with Gasteiger partial charge in [-0.25, -0.2) is 4.39 Å². The highest BCUT2D eigenvalue weighted by molar-refractivity contribution is 8.01.